The number of benzene rings is 1. The fraction of sp³-hybridized carbons (Fsp3) is 0.304. The van der Waals surface area contributed by atoms with Crippen molar-refractivity contribution in [3.63, 3.8) is 0 Å². The van der Waals surface area contributed by atoms with E-state index in [1.54, 1.807) is 11.8 Å². The number of piperidine rings is 1. The number of likely N-dealkylation sites (tertiary alicyclic amines) is 1. The predicted octanol–water partition coefficient (Wildman–Crippen LogP) is 3.77. The standard InChI is InChI=1S/C23H20F5N5O3/c1-13(32-9-6-23(27,28)15(12-32)14-4-7-33(35)8-5-14)22(34)31-18-10-30-19(11-29-18)36-17-3-2-16(24)20(25)21(17)26/h2-5,7-8,10-11,13,15H,6,9,12H2,1H3,(H,29,31,34)/t13?,15-/m1/s1. The molecule has 13 heteroatoms. The first kappa shape index (κ1) is 25.2. The number of rotatable bonds is 6. The van der Waals surface area contributed by atoms with Gasteiger partial charge in [0.05, 0.1) is 24.4 Å². The van der Waals surface area contributed by atoms with E-state index in [0.717, 1.165) is 30.9 Å². The summed E-state index contributed by atoms with van der Waals surface area (Å²) in [5.74, 6) is -10.2. The van der Waals surface area contributed by atoms with Crippen molar-refractivity contribution in [1.29, 1.82) is 0 Å². The van der Waals surface area contributed by atoms with Gasteiger partial charge in [0.25, 0.3) is 5.92 Å². The predicted molar refractivity (Wildman–Crippen MR) is 116 cm³/mol. The van der Waals surface area contributed by atoms with Gasteiger partial charge in [0.2, 0.25) is 17.6 Å². The van der Waals surface area contributed by atoms with Crippen molar-refractivity contribution in [3.05, 3.63) is 77.3 Å². The van der Waals surface area contributed by atoms with Gasteiger partial charge in [-0.15, -0.1) is 0 Å². The highest BCUT2D eigenvalue weighted by atomic mass is 19.3. The number of carbonyl (C=O) groups is 1. The van der Waals surface area contributed by atoms with E-state index in [4.69, 9.17) is 4.74 Å². The Balaban J connectivity index is 1.39. The van der Waals surface area contributed by atoms with Crippen LogP contribution in [-0.4, -0.2) is 45.8 Å². The van der Waals surface area contributed by atoms with Gasteiger partial charge in [-0.05, 0) is 24.6 Å². The molecule has 2 aromatic heterocycles. The second-order valence-corrected chi connectivity index (χ2v) is 8.23. The van der Waals surface area contributed by atoms with Crippen LogP contribution in [0.15, 0.2) is 49.1 Å². The average molecular weight is 509 g/mol. The maximum absolute atomic E-state index is 14.6. The Kier molecular flexibility index (Phi) is 7.02. The number of amides is 1. The number of anilines is 1. The van der Waals surface area contributed by atoms with Gasteiger partial charge in [-0.25, -0.2) is 27.5 Å². The van der Waals surface area contributed by atoms with E-state index in [0.29, 0.717) is 16.4 Å². The average Bonchev–Trinajstić information content (AvgIpc) is 2.85. The highest BCUT2D eigenvalue weighted by Crippen LogP contribution is 2.40. The van der Waals surface area contributed by atoms with Gasteiger partial charge in [-0.2, -0.15) is 9.12 Å². The highest BCUT2D eigenvalue weighted by Gasteiger charge is 2.46. The fourth-order valence-corrected chi connectivity index (χ4v) is 3.81. The van der Waals surface area contributed by atoms with Crippen LogP contribution in [0, 0.1) is 22.7 Å². The van der Waals surface area contributed by atoms with Gasteiger partial charge < -0.3 is 15.3 Å². The first-order chi connectivity index (χ1) is 17.0. The summed E-state index contributed by atoms with van der Waals surface area (Å²) in [6.45, 7) is 1.43. The fourth-order valence-electron chi connectivity index (χ4n) is 3.81. The van der Waals surface area contributed by atoms with Gasteiger partial charge in [-0.3, -0.25) is 9.69 Å². The molecule has 4 rings (SSSR count). The van der Waals surface area contributed by atoms with Gasteiger partial charge in [0.1, 0.15) is 0 Å². The molecule has 1 aromatic carbocycles. The number of pyridine rings is 1. The second-order valence-electron chi connectivity index (χ2n) is 8.23. The van der Waals surface area contributed by atoms with Gasteiger partial charge >= 0.3 is 0 Å². The minimum atomic E-state index is -3.00. The van der Waals surface area contributed by atoms with Gasteiger partial charge in [0, 0.05) is 31.6 Å². The van der Waals surface area contributed by atoms with E-state index in [1.807, 2.05) is 0 Å². The summed E-state index contributed by atoms with van der Waals surface area (Å²) < 4.78 is 74.9. The van der Waals surface area contributed by atoms with Crippen molar-refractivity contribution in [3.8, 4) is 11.6 Å². The first-order valence-corrected chi connectivity index (χ1v) is 10.8. The first-order valence-electron chi connectivity index (χ1n) is 10.8. The molecule has 1 fully saturated rings. The Morgan fingerprint density at radius 2 is 1.89 bits per heavy atom. The zero-order valence-electron chi connectivity index (χ0n) is 18.8. The van der Waals surface area contributed by atoms with Crippen LogP contribution in [0.3, 0.4) is 0 Å². The van der Waals surface area contributed by atoms with Crippen LogP contribution in [-0.2, 0) is 4.79 Å². The number of hydrogen-bond donors (Lipinski definition) is 1. The number of carbonyl (C=O) groups excluding carboxylic acids is 1. The Morgan fingerprint density at radius 3 is 2.56 bits per heavy atom. The monoisotopic (exact) mass is 509 g/mol. The molecule has 3 heterocycles. The molecule has 1 unspecified atom stereocenters. The molecule has 0 bridgehead atoms. The molecular weight excluding hydrogens is 489 g/mol. The third-order valence-corrected chi connectivity index (χ3v) is 5.91. The minimum Gasteiger partial charge on any atom is -0.619 e. The number of hydrogen-bond acceptors (Lipinski definition) is 6. The molecular formula is C23H20F5N5O3. The zero-order valence-corrected chi connectivity index (χ0v) is 18.8. The lowest BCUT2D eigenvalue weighted by atomic mass is 9.87. The number of alkyl halides is 2. The van der Waals surface area contributed by atoms with Crippen LogP contribution in [0.2, 0.25) is 0 Å². The summed E-state index contributed by atoms with van der Waals surface area (Å²) >= 11 is 0. The lowest BCUT2D eigenvalue weighted by Crippen LogP contribution is -2.52. The topological polar surface area (TPSA) is 94.3 Å². The highest BCUT2D eigenvalue weighted by molar-refractivity contribution is 5.93. The Hall–Kier alpha value is -3.87. The third-order valence-electron chi connectivity index (χ3n) is 5.91. The number of ether oxygens (including phenoxy) is 1. The van der Waals surface area contributed by atoms with E-state index in [-0.39, 0.29) is 24.8 Å². The molecule has 0 aliphatic carbocycles. The lowest BCUT2D eigenvalue weighted by Gasteiger charge is -2.40. The zero-order chi connectivity index (χ0) is 26.0. The number of nitrogens with one attached hydrogen (secondary N) is 1. The molecule has 0 radical (unpaired) electrons. The molecule has 3 aromatic rings. The van der Waals surface area contributed by atoms with Crippen LogP contribution in [0.1, 0.15) is 24.8 Å². The van der Waals surface area contributed by atoms with E-state index in [1.165, 1.54) is 12.1 Å². The normalized spacial score (nSPS) is 18.4. The van der Waals surface area contributed by atoms with Crippen LogP contribution in [0.4, 0.5) is 27.8 Å². The van der Waals surface area contributed by atoms with Crippen molar-refractivity contribution in [2.24, 2.45) is 0 Å². The summed E-state index contributed by atoms with van der Waals surface area (Å²) in [6, 6.07) is 3.45. The maximum Gasteiger partial charge on any atom is 0.257 e. The van der Waals surface area contributed by atoms with E-state index in [9.17, 15) is 32.0 Å². The second kappa shape index (κ2) is 10.0. The summed E-state index contributed by atoms with van der Waals surface area (Å²) in [4.78, 5) is 22.1. The summed E-state index contributed by atoms with van der Waals surface area (Å²) in [6.07, 6.45) is 3.97. The quantitative estimate of drug-likeness (QED) is 0.235. The molecule has 1 aliphatic heterocycles. The SMILES string of the molecule is CC(C(=O)Nc1cnc(Oc2ccc(F)c(F)c2F)cn1)N1CCC(F)(F)[C@@H](c2cc[n+]([O-])cc2)C1. The summed E-state index contributed by atoms with van der Waals surface area (Å²) in [5, 5.41) is 13.8. The van der Waals surface area contributed by atoms with E-state index < -0.39 is 53.4 Å². The summed E-state index contributed by atoms with van der Waals surface area (Å²) in [5.41, 5.74) is 0.295. The van der Waals surface area contributed by atoms with Crippen molar-refractivity contribution in [2.45, 2.75) is 31.2 Å². The molecule has 0 saturated carbocycles. The molecule has 0 spiro atoms. The molecule has 190 valence electrons. The van der Waals surface area contributed by atoms with Crippen LogP contribution in [0.25, 0.3) is 0 Å². The smallest absolute Gasteiger partial charge is 0.257 e. The lowest BCUT2D eigenvalue weighted by molar-refractivity contribution is -0.605. The molecule has 8 nitrogen and oxygen atoms in total. The van der Waals surface area contributed by atoms with E-state index in [2.05, 4.69) is 15.3 Å². The molecule has 36 heavy (non-hydrogen) atoms. The molecule has 1 amide bonds. The minimum absolute atomic E-state index is 0.00640. The maximum atomic E-state index is 14.6. The number of aromatic nitrogens is 3. The number of halogens is 5. The number of nitrogens with zero attached hydrogens (tertiary/aromatic N) is 4. The molecule has 2 atom stereocenters. The van der Waals surface area contributed by atoms with Crippen LogP contribution >= 0.6 is 0 Å². The van der Waals surface area contributed by atoms with Gasteiger partial charge in [0.15, 0.2) is 35.6 Å². The van der Waals surface area contributed by atoms with Crippen molar-refractivity contribution in [2.75, 3.05) is 18.4 Å². The van der Waals surface area contributed by atoms with Crippen LogP contribution < -0.4 is 14.8 Å². The Bertz CT molecular complexity index is 1240. The largest absolute Gasteiger partial charge is 0.619 e. The molecule has 1 aliphatic rings. The van der Waals surface area contributed by atoms with Crippen molar-refractivity contribution in [1.82, 2.24) is 14.9 Å². The summed E-state index contributed by atoms with van der Waals surface area (Å²) in [7, 11) is 0. The van der Waals surface area contributed by atoms with Gasteiger partial charge in [-0.1, -0.05) is 0 Å². The van der Waals surface area contributed by atoms with Crippen molar-refractivity contribution >= 4 is 11.7 Å². The van der Waals surface area contributed by atoms with Crippen LogP contribution in [0.5, 0.6) is 11.6 Å². The third kappa shape index (κ3) is 5.35. The Morgan fingerprint density at radius 1 is 1.17 bits per heavy atom. The molecule has 1 N–H and O–H groups in total. The van der Waals surface area contributed by atoms with Crippen molar-refractivity contribution < 1.29 is 36.2 Å². The Labute approximate surface area is 201 Å². The van der Waals surface area contributed by atoms with E-state index >= 15 is 0 Å². The molecule has 1 saturated heterocycles.